The normalized spacial score (nSPS) is 26.3. The smallest absolute Gasteiger partial charge is 0.291 e. The largest absolute Gasteiger partial charge is 0.438 e. The predicted molar refractivity (Wildman–Crippen MR) is 81.3 cm³/mol. The van der Waals surface area contributed by atoms with Gasteiger partial charge in [0.2, 0.25) is 5.76 Å². The minimum atomic E-state index is -0.582. The molecule has 1 aromatic heterocycles. The molecule has 0 unspecified atom stereocenters. The molecule has 0 bridgehead atoms. The van der Waals surface area contributed by atoms with Crippen LogP contribution in [0.4, 0.5) is 0 Å². The van der Waals surface area contributed by atoms with Crippen molar-refractivity contribution in [1.82, 2.24) is 9.88 Å². The number of hydrogen-bond donors (Lipinski definition) is 0. The summed E-state index contributed by atoms with van der Waals surface area (Å²) in [4.78, 5) is 30.5. The van der Waals surface area contributed by atoms with Crippen LogP contribution in [0, 0.1) is 29.1 Å². The monoisotopic (exact) mass is 313 g/mol. The third kappa shape index (κ3) is 2.46. The second-order valence-electron chi connectivity index (χ2n) is 7.17. The number of ketones is 1. The van der Waals surface area contributed by atoms with Gasteiger partial charge in [0.15, 0.2) is 12.2 Å². The summed E-state index contributed by atoms with van der Waals surface area (Å²) in [6.07, 6.45) is 4.43. The number of aryl methyl sites for hydroxylation is 1. The zero-order valence-electron chi connectivity index (χ0n) is 13.5. The van der Waals surface area contributed by atoms with Gasteiger partial charge in [-0.25, -0.2) is 4.98 Å². The molecule has 1 aliphatic heterocycles. The molecule has 0 N–H and O–H groups in total. The van der Waals surface area contributed by atoms with Crippen LogP contribution in [0.15, 0.2) is 22.5 Å². The lowest BCUT2D eigenvalue weighted by atomic mass is 9.64. The van der Waals surface area contributed by atoms with Gasteiger partial charge in [-0.2, -0.15) is 5.26 Å². The molecular formula is C17H19N3O3. The maximum absolute atomic E-state index is 12.6. The predicted octanol–water partition coefficient (Wildman–Crippen LogP) is 2.26. The molecule has 1 fully saturated rings. The Bertz CT molecular complexity index is 753. The molecule has 1 aliphatic carbocycles. The van der Waals surface area contributed by atoms with E-state index in [9.17, 15) is 14.9 Å². The van der Waals surface area contributed by atoms with E-state index < -0.39 is 5.41 Å². The number of allylic oxidation sites excluding steroid dienone is 1. The Labute approximate surface area is 134 Å². The number of carbonyl (C=O) groups excluding carboxylic acids is 2. The second-order valence-corrected chi connectivity index (χ2v) is 7.17. The quantitative estimate of drug-likeness (QED) is 0.793. The van der Waals surface area contributed by atoms with Crippen molar-refractivity contribution in [2.24, 2.45) is 10.8 Å². The molecule has 1 atom stereocenters. The number of carbonyl (C=O) groups is 2. The van der Waals surface area contributed by atoms with E-state index >= 15 is 0 Å². The summed E-state index contributed by atoms with van der Waals surface area (Å²) >= 11 is 0. The topological polar surface area (TPSA) is 87.2 Å². The number of nitriles is 1. The molecule has 1 aromatic rings. The molecular weight excluding hydrogens is 294 g/mol. The van der Waals surface area contributed by atoms with Crippen LogP contribution in [0.1, 0.15) is 42.9 Å². The van der Waals surface area contributed by atoms with Crippen LogP contribution in [-0.2, 0) is 4.79 Å². The first-order valence-electron chi connectivity index (χ1n) is 7.65. The number of nitrogens with zero attached hydrogens (tertiary/aromatic N) is 3. The van der Waals surface area contributed by atoms with Crippen molar-refractivity contribution < 1.29 is 14.0 Å². The van der Waals surface area contributed by atoms with Crippen LogP contribution in [0.25, 0.3) is 0 Å². The van der Waals surface area contributed by atoms with Crippen molar-refractivity contribution in [2.75, 3.05) is 13.1 Å². The Kier molecular flexibility index (Phi) is 3.40. The van der Waals surface area contributed by atoms with Crippen LogP contribution in [-0.4, -0.2) is 34.7 Å². The average Bonchev–Trinajstić information content (AvgIpc) is 3.09. The molecule has 6 heteroatoms. The summed E-state index contributed by atoms with van der Waals surface area (Å²) in [6, 6.07) is 2.02. The SMILES string of the molecule is Cc1ncoc1C(=O)N1CC[C@]2(C=C(C#N)C(=O)C(C)(C)C2)C1. The Hall–Kier alpha value is -2.42. The van der Waals surface area contributed by atoms with Crippen molar-refractivity contribution in [3.8, 4) is 6.07 Å². The molecule has 2 aliphatic rings. The van der Waals surface area contributed by atoms with Crippen LogP contribution >= 0.6 is 0 Å². The van der Waals surface area contributed by atoms with Crippen LogP contribution < -0.4 is 0 Å². The second kappa shape index (κ2) is 5.05. The third-order valence-electron chi connectivity index (χ3n) is 4.84. The van der Waals surface area contributed by atoms with Gasteiger partial charge in [0.25, 0.3) is 5.91 Å². The fraction of sp³-hybridized carbons (Fsp3) is 0.529. The fourth-order valence-electron chi connectivity index (χ4n) is 3.81. The molecule has 0 aromatic carbocycles. The number of oxazole rings is 1. The van der Waals surface area contributed by atoms with Gasteiger partial charge in [-0.15, -0.1) is 0 Å². The van der Waals surface area contributed by atoms with Crippen LogP contribution in [0.3, 0.4) is 0 Å². The Balaban J connectivity index is 1.88. The van der Waals surface area contributed by atoms with Gasteiger partial charge in [-0.3, -0.25) is 9.59 Å². The van der Waals surface area contributed by atoms with E-state index in [0.717, 1.165) is 6.42 Å². The van der Waals surface area contributed by atoms with Gasteiger partial charge in [0, 0.05) is 23.9 Å². The molecule has 0 saturated carbocycles. The van der Waals surface area contributed by atoms with E-state index in [2.05, 4.69) is 4.98 Å². The van der Waals surface area contributed by atoms with Crippen LogP contribution in [0.5, 0.6) is 0 Å². The van der Waals surface area contributed by atoms with Gasteiger partial charge < -0.3 is 9.32 Å². The Morgan fingerprint density at radius 1 is 1.48 bits per heavy atom. The number of Topliss-reactive ketones (excluding diaryl/α,β-unsaturated/α-hetero) is 1. The highest BCUT2D eigenvalue weighted by molar-refractivity contribution is 6.03. The summed E-state index contributed by atoms with van der Waals surface area (Å²) in [5.41, 5.74) is -0.109. The van der Waals surface area contributed by atoms with Gasteiger partial charge in [0.1, 0.15) is 6.07 Å². The summed E-state index contributed by atoms with van der Waals surface area (Å²) in [5.74, 6) is -0.0300. The molecule has 1 saturated heterocycles. The maximum atomic E-state index is 12.6. The zero-order valence-corrected chi connectivity index (χ0v) is 13.5. The first-order valence-corrected chi connectivity index (χ1v) is 7.65. The Morgan fingerprint density at radius 3 is 2.83 bits per heavy atom. The van der Waals surface area contributed by atoms with Crippen molar-refractivity contribution in [3.05, 3.63) is 29.5 Å². The van der Waals surface area contributed by atoms with Crippen molar-refractivity contribution in [2.45, 2.75) is 33.6 Å². The van der Waals surface area contributed by atoms with Gasteiger partial charge in [0.05, 0.1) is 11.3 Å². The zero-order chi connectivity index (χ0) is 16.8. The summed E-state index contributed by atoms with van der Waals surface area (Å²) in [5, 5.41) is 9.26. The Morgan fingerprint density at radius 2 is 2.22 bits per heavy atom. The number of aromatic nitrogens is 1. The van der Waals surface area contributed by atoms with Crippen molar-refractivity contribution >= 4 is 11.7 Å². The average molecular weight is 313 g/mol. The summed E-state index contributed by atoms with van der Waals surface area (Å²) < 4.78 is 5.19. The summed E-state index contributed by atoms with van der Waals surface area (Å²) in [6.45, 7) is 6.55. The lowest BCUT2D eigenvalue weighted by molar-refractivity contribution is -0.125. The number of amides is 1. The molecule has 120 valence electrons. The number of likely N-dealkylation sites (tertiary alicyclic amines) is 1. The molecule has 1 amide bonds. The van der Waals surface area contributed by atoms with Crippen molar-refractivity contribution in [1.29, 1.82) is 5.26 Å². The minimum Gasteiger partial charge on any atom is -0.438 e. The molecule has 1 spiro atoms. The van der Waals surface area contributed by atoms with Gasteiger partial charge in [-0.1, -0.05) is 19.9 Å². The minimum absolute atomic E-state index is 0.110. The fourth-order valence-corrected chi connectivity index (χ4v) is 3.81. The first-order chi connectivity index (χ1) is 10.8. The van der Waals surface area contributed by atoms with Crippen LogP contribution in [0.2, 0.25) is 0 Å². The van der Waals surface area contributed by atoms with E-state index in [1.165, 1.54) is 6.39 Å². The first kappa shape index (κ1) is 15.5. The van der Waals surface area contributed by atoms with Crippen molar-refractivity contribution in [3.63, 3.8) is 0 Å². The number of rotatable bonds is 1. The van der Waals surface area contributed by atoms with E-state index in [1.807, 2.05) is 19.9 Å². The molecule has 23 heavy (non-hydrogen) atoms. The molecule has 6 nitrogen and oxygen atoms in total. The third-order valence-corrected chi connectivity index (χ3v) is 4.84. The lowest BCUT2D eigenvalue weighted by Gasteiger charge is -2.38. The lowest BCUT2D eigenvalue weighted by Crippen LogP contribution is -2.40. The van der Waals surface area contributed by atoms with Gasteiger partial charge >= 0.3 is 0 Å². The summed E-state index contributed by atoms with van der Waals surface area (Å²) in [7, 11) is 0. The van der Waals surface area contributed by atoms with E-state index in [1.54, 1.807) is 17.9 Å². The highest BCUT2D eigenvalue weighted by Gasteiger charge is 2.49. The number of hydrogen-bond acceptors (Lipinski definition) is 5. The van der Waals surface area contributed by atoms with E-state index in [4.69, 9.17) is 4.42 Å². The van der Waals surface area contributed by atoms with Gasteiger partial charge in [-0.05, 0) is 19.8 Å². The van der Waals surface area contributed by atoms with E-state index in [-0.39, 0.29) is 28.4 Å². The van der Waals surface area contributed by atoms with E-state index in [0.29, 0.717) is 25.2 Å². The standard InChI is InChI=1S/C17H19N3O3/c1-11-13(23-10-19-11)15(22)20-5-4-17(9-20)6-12(7-18)14(21)16(2,3)8-17/h6,10H,4-5,8-9H2,1-3H3/t17-/m1/s1. The molecule has 3 rings (SSSR count). The maximum Gasteiger partial charge on any atom is 0.291 e. The molecule has 2 heterocycles. The molecule has 0 radical (unpaired) electrons. The highest BCUT2D eigenvalue weighted by Crippen LogP contribution is 2.48. The highest BCUT2D eigenvalue weighted by atomic mass is 16.3.